The van der Waals surface area contributed by atoms with Crippen LogP contribution in [0.5, 0.6) is 5.75 Å². The summed E-state index contributed by atoms with van der Waals surface area (Å²) in [4.78, 5) is 12.4. The minimum absolute atomic E-state index is 0.0241. The van der Waals surface area contributed by atoms with Gasteiger partial charge in [0.2, 0.25) is 5.91 Å². The Bertz CT molecular complexity index is 1300. The van der Waals surface area contributed by atoms with Crippen LogP contribution in [0, 0.1) is 11.6 Å². The van der Waals surface area contributed by atoms with E-state index in [1.165, 1.54) is 6.07 Å². The number of hydrogen-bond acceptors (Lipinski definition) is 5. The van der Waals surface area contributed by atoms with Crippen LogP contribution >= 0.6 is 23.4 Å². The molecular weight excluding hydrogens is 482 g/mol. The molecule has 1 amide bonds. The van der Waals surface area contributed by atoms with Gasteiger partial charge < -0.3 is 10.1 Å². The van der Waals surface area contributed by atoms with E-state index in [-0.39, 0.29) is 11.4 Å². The number of hydrogen-bond donors (Lipinski definition) is 1. The minimum atomic E-state index is -1.04. The van der Waals surface area contributed by atoms with Crippen molar-refractivity contribution in [2.45, 2.75) is 18.2 Å². The molecule has 10 heteroatoms. The Balaban J connectivity index is 1.54. The minimum Gasteiger partial charge on any atom is -0.481 e. The fraction of sp³-hybridized carbons (Fsp3) is 0.125. The number of benzene rings is 3. The van der Waals surface area contributed by atoms with Gasteiger partial charge in [0, 0.05) is 17.4 Å². The number of halogens is 3. The number of amides is 1. The first-order valence-corrected chi connectivity index (χ1v) is 11.6. The van der Waals surface area contributed by atoms with E-state index in [0.717, 1.165) is 29.6 Å². The summed E-state index contributed by atoms with van der Waals surface area (Å²) in [5, 5.41) is 12.0. The van der Waals surface area contributed by atoms with Crippen molar-refractivity contribution in [2.24, 2.45) is 0 Å². The number of anilines is 1. The predicted molar refractivity (Wildman–Crippen MR) is 128 cm³/mol. The van der Waals surface area contributed by atoms with E-state index in [1.807, 2.05) is 49.4 Å². The van der Waals surface area contributed by atoms with Gasteiger partial charge in [-0.1, -0.05) is 53.7 Å². The Morgan fingerprint density at radius 2 is 1.79 bits per heavy atom. The second-order valence-electron chi connectivity index (χ2n) is 7.17. The highest BCUT2D eigenvalue weighted by atomic mass is 35.5. The highest BCUT2D eigenvalue weighted by Gasteiger charge is 2.22. The molecule has 174 valence electrons. The Kier molecular flexibility index (Phi) is 7.44. The van der Waals surface area contributed by atoms with Crippen molar-refractivity contribution in [3.63, 3.8) is 0 Å². The molecule has 0 bridgehead atoms. The molecule has 0 fully saturated rings. The fourth-order valence-corrected chi connectivity index (χ4v) is 4.08. The average Bonchev–Trinajstić information content (AvgIpc) is 3.26. The number of aromatic nitrogens is 3. The van der Waals surface area contributed by atoms with Crippen molar-refractivity contribution >= 4 is 35.0 Å². The third-order valence-electron chi connectivity index (χ3n) is 4.71. The van der Waals surface area contributed by atoms with Gasteiger partial charge >= 0.3 is 0 Å². The van der Waals surface area contributed by atoms with Crippen LogP contribution in [0.2, 0.25) is 5.02 Å². The first kappa shape index (κ1) is 23.7. The van der Waals surface area contributed by atoms with E-state index in [9.17, 15) is 13.6 Å². The van der Waals surface area contributed by atoms with Crippen LogP contribution in [0.4, 0.5) is 14.5 Å². The number of nitrogens with zero attached hydrogens (tertiary/aromatic N) is 3. The molecular formula is C24H19ClF2N4O2S. The lowest BCUT2D eigenvalue weighted by Crippen LogP contribution is -2.15. The topological polar surface area (TPSA) is 69.0 Å². The monoisotopic (exact) mass is 500 g/mol. The third kappa shape index (κ3) is 5.55. The van der Waals surface area contributed by atoms with Gasteiger partial charge in [0.15, 0.2) is 28.7 Å². The number of para-hydroxylation sites is 2. The van der Waals surface area contributed by atoms with Gasteiger partial charge in [0.1, 0.15) is 5.75 Å². The number of ether oxygens (including phenoxy) is 1. The fourth-order valence-electron chi connectivity index (χ4n) is 3.14. The zero-order chi connectivity index (χ0) is 24.1. The smallest absolute Gasteiger partial charge is 0.234 e. The number of rotatable bonds is 8. The second-order valence-corrected chi connectivity index (χ2v) is 8.52. The molecule has 1 N–H and O–H groups in total. The Morgan fingerprint density at radius 1 is 1.06 bits per heavy atom. The van der Waals surface area contributed by atoms with Gasteiger partial charge in [-0.25, -0.2) is 8.78 Å². The Hall–Kier alpha value is -3.43. The molecule has 0 aliphatic heterocycles. The molecule has 1 unspecified atom stereocenters. The lowest BCUT2D eigenvalue weighted by molar-refractivity contribution is -0.113. The van der Waals surface area contributed by atoms with E-state index >= 15 is 0 Å². The summed E-state index contributed by atoms with van der Waals surface area (Å²) >= 11 is 7.38. The Labute approximate surface area is 203 Å². The van der Waals surface area contributed by atoms with Crippen LogP contribution in [0.1, 0.15) is 18.9 Å². The predicted octanol–water partition coefficient (Wildman–Crippen LogP) is 6.07. The van der Waals surface area contributed by atoms with Gasteiger partial charge in [0.25, 0.3) is 0 Å². The quantitative estimate of drug-likeness (QED) is 0.297. The summed E-state index contributed by atoms with van der Waals surface area (Å²) in [6, 6.07) is 19.7. The van der Waals surface area contributed by atoms with E-state index in [4.69, 9.17) is 16.3 Å². The zero-order valence-corrected chi connectivity index (χ0v) is 19.5. The van der Waals surface area contributed by atoms with Gasteiger partial charge in [-0.05, 0) is 43.3 Å². The summed E-state index contributed by atoms with van der Waals surface area (Å²) in [6.07, 6.45) is -0.502. The molecule has 6 nitrogen and oxygen atoms in total. The third-order valence-corrected chi connectivity index (χ3v) is 5.95. The molecule has 0 spiro atoms. The van der Waals surface area contributed by atoms with Crippen LogP contribution in [0.15, 0.2) is 78.0 Å². The molecule has 1 heterocycles. The van der Waals surface area contributed by atoms with Crippen LogP contribution in [-0.2, 0) is 4.79 Å². The molecule has 3 aromatic carbocycles. The molecule has 1 atom stereocenters. The largest absolute Gasteiger partial charge is 0.481 e. The van der Waals surface area contributed by atoms with Crippen LogP contribution in [-0.4, -0.2) is 26.4 Å². The number of thioether (sulfide) groups is 1. The van der Waals surface area contributed by atoms with Crippen LogP contribution in [0.3, 0.4) is 0 Å². The van der Waals surface area contributed by atoms with E-state index in [2.05, 4.69) is 15.5 Å². The number of carbonyl (C=O) groups excluding carboxylic acids is 1. The SMILES string of the molecule is CC(Oc1ccccc1Cl)c1nnc(SCC(=O)Nc2ccc(F)c(F)c2)n1-c1ccccc1. The normalized spacial score (nSPS) is 11.8. The molecule has 4 aromatic rings. The molecule has 0 aliphatic rings. The van der Waals surface area contributed by atoms with Gasteiger partial charge in [-0.15, -0.1) is 10.2 Å². The van der Waals surface area contributed by atoms with Gasteiger partial charge in [-0.2, -0.15) is 0 Å². The van der Waals surface area contributed by atoms with Gasteiger partial charge in [-0.3, -0.25) is 9.36 Å². The van der Waals surface area contributed by atoms with Crippen molar-refractivity contribution in [3.8, 4) is 11.4 Å². The maximum absolute atomic E-state index is 13.4. The van der Waals surface area contributed by atoms with Crippen molar-refractivity contribution in [2.75, 3.05) is 11.1 Å². The first-order valence-electron chi connectivity index (χ1n) is 10.2. The summed E-state index contributed by atoms with van der Waals surface area (Å²) in [5.74, 6) is -1.41. The zero-order valence-electron chi connectivity index (χ0n) is 17.9. The van der Waals surface area contributed by atoms with Crippen molar-refractivity contribution in [3.05, 3.63) is 95.3 Å². The average molecular weight is 501 g/mol. The van der Waals surface area contributed by atoms with Crippen molar-refractivity contribution < 1.29 is 18.3 Å². The summed E-state index contributed by atoms with van der Waals surface area (Å²) in [7, 11) is 0. The summed E-state index contributed by atoms with van der Waals surface area (Å²) in [6.45, 7) is 1.83. The van der Waals surface area contributed by atoms with Crippen molar-refractivity contribution in [1.82, 2.24) is 14.8 Å². The highest BCUT2D eigenvalue weighted by molar-refractivity contribution is 7.99. The summed E-state index contributed by atoms with van der Waals surface area (Å²) in [5.41, 5.74) is 0.956. The molecule has 0 aliphatic carbocycles. The number of carbonyl (C=O) groups is 1. The van der Waals surface area contributed by atoms with Crippen LogP contribution < -0.4 is 10.1 Å². The van der Waals surface area contributed by atoms with Crippen molar-refractivity contribution in [1.29, 1.82) is 0 Å². The lowest BCUT2D eigenvalue weighted by Gasteiger charge is -2.17. The van der Waals surface area contributed by atoms with Gasteiger partial charge in [0.05, 0.1) is 10.8 Å². The molecule has 4 rings (SSSR count). The maximum atomic E-state index is 13.4. The first-order chi connectivity index (χ1) is 16.4. The molecule has 1 aromatic heterocycles. The van der Waals surface area contributed by atoms with E-state index in [0.29, 0.717) is 21.8 Å². The maximum Gasteiger partial charge on any atom is 0.234 e. The molecule has 0 saturated carbocycles. The number of nitrogens with one attached hydrogen (secondary N) is 1. The van der Waals surface area contributed by atoms with E-state index in [1.54, 1.807) is 16.7 Å². The molecule has 34 heavy (non-hydrogen) atoms. The molecule has 0 radical (unpaired) electrons. The second kappa shape index (κ2) is 10.7. The summed E-state index contributed by atoms with van der Waals surface area (Å²) < 4.78 is 34.3. The van der Waals surface area contributed by atoms with E-state index < -0.39 is 23.6 Å². The lowest BCUT2D eigenvalue weighted by atomic mass is 10.3. The Morgan fingerprint density at radius 3 is 2.53 bits per heavy atom. The standard InChI is InChI=1S/C24H19ClF2N4O2S/c1-15(33-21-10-6-5-9-18(21)25)23-29-30-24(31(23)17-7-3-2-4-8-17)34-14-22(32)28-16-11-12-19(26)20(27)13-16/h2-13,15H,14H2,1H3,(H,28,32). The molecule has 0 saturated heterocycles. The van der Waals surface area contributed by atoms with Crippen LogP contribution in [0.25, 0.3) is 5.69 Å². The highest BCUT2D eigenvalue weighted by Crippen LogP contribution is 2.31.